The molecule has 0 unspecified atom stereocenters. The van der Waals surface area contributed by atoms with Crippen LogP contribution in [0.2, 0.25) is 0 Å². The van der Waals surface area contributed by atoms with E-state index in [1.165, 1.54) is 18.2 Å². The van der Waals surface area contributed by atoms with E-state index in [0.717, 1.165) is 17.1 Å². The second-order valence-electron chi connectivity index (χ2n) is 7.64. The van der Waals surface area contributed by atoms with Crippen LogP contribution < -0.4 is 5.43 Å². The van der Waals surface area contributed by atoms with Crippen molar-refractivity contribution in [1.82, 2.24) is 0 Å². The lowest BCUT2D eigenvalue weighted by atomic mass is 9.89. The molecule has 0 aromatic heterocycles. The van der Waals surface area contributed by atoms with Gasteiger partial charge in [0.25, 0.3) is 0 Å². The van der Waals surface area contributed by atoms with E-state index < -0.39 is 0 Å². The summed E-state index contributed by atoms with van der Waals surface area (Å²) in [7, 11) is 0. The Hall–Kier alpha value is -3.03. The van der Waals surface area contributed by atoms with Gasteiger partial charge in [0.05, 0.1) is 0 Å². The quantitative estimate of drug-likeness (QED) is 0.239. The Labute approximate surface area is 192 Å². The Kier molecular flexibility index (Phi) is 5.53. The second kappa shape index (κ2) is 8.48. The summed E-state index contributed by atoms with van der Waals surface area (Å²) in [5.74, 6) is 1.38. The van der Waals surface area contributed by atoms with Crippen LogP contribution >= 0.6 is 23.5 Å². The zero-order valence-corrected chi connectivity index (χ0v) is 18.5. The highest BCUT2D eigenvalue weighted by molar-refractivity contribution is 8.19. The highest BCUT2D eigenvalue weighted by atomic mass is 32.2. The first kappa shape index (κ1) is 20.8. The molecule has 1 aliphatic carbocycles. The van der Waals surface area contributed by atoms with Crippen LogP contribution in [-0.4, -0.2) is 33.3 Å². The van der Waals surface area contributed by atoms with Crippen LogP contribution in [0.3, 0.4) is 0 Å². The SMILES string of the molecule is O=Cc1cc(C(=O)C[C@@H]2CSCS2)ccc1-c1c2ccc(=O)cc-2oc2cc(O)ccc12. The van der Waals surface area contributed by atoms with Gasteiger partial charge in [0.15, 0.2) is 17.5 Å². The predicted octanol–water partition coefficient (Wildman–Crippen LogP) is 5.46. The minimum absolute atomic E-state index is 0.0262. The first-order valence-corrected chi connectivity index (χ1v) is 12.3. The molecule has 5 nitrogen and oxygen atoms in total. The van der Waals surface area contributed by atoms with Gasteiger partial charge < -0.3 is 9.52 Å². The molecule has 0 bridgehead atoms. The molecule has 1 saturated heterocycles. The molecule has 32 heavy (non-hydrogen) atoms. The smallest absolute Gasteiger partial charge is 0.182 e. The summed E-state index contributed by atoms with van der Waals surface area (Å²) in [6.07, 6.45) is 1.20. The number of hydrogen-bond donors (Lipinski definition) is 1. The average molecular weight is 463 g/mol. The van der Waals surface area contributed by atoms with Crippen LogP contribution in [0.15, 0.2) is 63.8 Å². The molecule has 0 amide bonds. The molecular formula is C25H18O5S2. The van der Waals surface area contributed by atoms with Crippen molar-refractivity contribution in [1.29, 1.82) is 0 Å². The number of rotatable bonds is 5. The van der Waals surface area contributed by atoms with E-state index in [9.17, 15) is 19.5 Å². The molecule has 1 fully saturated rings. The summed E-state index contributed by atoms with van der Waals surface area (Å²) in [6, 6.07) is 14.4. The van der Waals surface area contributed by atoms with Gasteiger partial charge in [-0.25, -0.2) is 0 Å². The normalized spacial score (nSPS) is 15.9. The molecule has 2 heterocycles. The highest BCUT2D eigenvalue weighted by Gasteiger charge is 2.23. The summed E-state index contributed by atoms with van der Waals surface area (Å²) < 4.78 is 5.87. The molecular weight excluding hydrogens is 444 g/mol. The van der Waals surface area contributed by atoms with Crippen LogP contribution in [0.25, 0.3) is 33.4 Å². The third kappa shape index (κ3) is 3.82. The van der Waals surface area contributed by atoms with E-state index in [4.69, 9.17) is 4.42 Å². The van der Waals surface area contributed by atoms with Crippen LogP contribution in [0, 0.1) is 0 Å². The minimum Gasteiger partial charge on any atom is -0.508 e. The zero-order valence-electron chi connectivity index (χ0n) is 16.9. The summed E-state index contributed by atoms with van der Waals surface area (Å²) >= 11 is 3.63. The maximum absolute atomic E-state index is 12.8. The van der Waals surface area contributed by atoms with Crippen LogP contribution in [0.4, 0.5) is 0 Å². The molecule has 160 valence electrons. The second-order valence-corrected chi connectivity index (χ2v) is 10.3. The fourth-order valence-electron chi connectivity index (χ4n) is 4.03. The number of benzene rings is 3. The molecule has 3 aliphatic rings. The van der Waals surface area contributed by atoms with Gasteiger partial charge in [-0.1, -0.05) is 12.1 Å². The lowest BCUT2D eigenvalue weighted by Gasteiger charge is -2.17. The van der Waals surface area contributed by atoms with E-state index in [2.05, 4.69) is 0 Å². The van der Waals surface area contributed by atoms with Gasteiger partial charge in [-0.3, -0.25) is 14.4 Å². The number of phenols is 1. The average Bonchev–Trinajstić information content (AvgIpc) is 3.30. The number of thioether (sulfide) groups is 2. The largest absolute Gasteiger partial charge is 0.508 e. The lowest BCUT2D eigenvalue weighted by Crippen LogP contribution is -2.11. The van der Waals surface area contributed by atoms with Crippen molar-refractivity contribution >= 4 is 46.6 Å². The van der Waals surface area contributed by atoms with Gasteiger partial charge >= 0.3 is 0 Å². The summed E-state index contributed by atoms with van der Waals surface area (Å²) in [5, 5.41) is 11.9. The van der Waals surface area contributed by atoms with Crippen molar-refractivity contribution in [3.63, 3.8) is 0 Å². The lowest BCUT2D eigenvalue weighted by molar-refractivity contribution is 0.0984. The third-order valence-corrected chi connectivity index (χ3v) is 8.42. The van der Waals surface area contributed by atoms with Gasteiger partial charge in [0, 0.05) is 62.3 Å². The number of carbonyl (C=O) groups is 2. The zero-order chi connectivity index (χ0) is 22.2. The number of aromatic hydroxyl groups is 1. The molecule has 5 rings (SSSR count). The predicted molar refractivity (Wildman–Crippen MR) is 129 cm³/mol. The Morgan fingerprint density at radius 2 is 1.94 bits per heavy atom. The van der Waals surface area contributed by atoms with Gasteiger partial charge in [0.1, 0.15) is 17.1 Å². The molecule has 0 saturated carbocycles. The highest BCUT2D eigenvalue weighted by Crippen LogP contribution is 2.42. The van der Waals surface area contributed by atoms with Crippen molar-refractivity contribution < 1.29 is 19.1 Å². The number of ketones is 1. The monoisotopic (exact) mass is 462 g/mol. The fraction of sp³-hybridized carbons (Fsp3) is 0.160. The van der Waals surface area contributed by atoms with Crippen molar-refractivity contribution in [3.05, 3.63) is 75.9 Å². The minimum atomic E-state index is -0.203. The van der Waals surface area contributed by atoms with Crippen molar-refractivity contribution in [3.8, 4) is 28.2 Å². The maximum atomic E-state index is 12.8. The Balaban J connectivity index is 1.68. The van der Waals surface area contributed by atoms with Gasteiger partial charge in [0.2, 0.25) is 0 Å². The van der Waals surface area contributed by atoms with E-state index in [1.807, 2.05) is 11.8 Å². The fourth-order valence-corrected chi connectivity index (χ4v) is 6.89. The van der Waals surface area contributed by atoms with Crippen LogP contribution in [0.1, 0.15) is 27.1 Å². The van der Waals surface area contributed by atoms with Crippen molar-refractivity contribution in [2.24, 2.45) is 0 Å². The maximum Gasteiger partial charge on any atom is 0.182 e. The molecule has 0 spiro atoms. The molecule has 1 atom stereocenters. The van der Waals surface area contributed by atoms with Crippen molar-refractivity contribution in [2.75, 3.05) is 10.8 Å². The number of Topliss-reactive ketones (excluding diaryl/α,β-unsaturated/α-hetero) is 1. The molecule has 7 heteroatoms. The van der Waals surface area contributed by atoms with Crippen LogP contribution in [0.5, 0.6) is 5.75 Å². The van der Waals surface area contributed by atoms with Crippen LogP contribution in [-0.2, 0) is 0 Å². The van der Waals surface area contributed by atoms with Gasteiger partial charge in [-0.05, 0) is 35.9 Å². The third-order valence-electron chi connectivity index (χ3n) is 5.55. The van der Waals surface area contributed by atoms with E-state index in [0.29, 0.717) is 56.2 Å². The summed E-state index contributed by atoms with van der Waals surface area (Å²) in [5.41, 5.74) is 3.11. The first-order chi connectivity index (χ1) is 15.5. The number of hydrogen-bond acceptors (Lipinski definition) is 7. The molecule has 2 aliphatic heterocycles. The Morgan fingerprint density at radius 1 is 1.09 bits per heavy atom. The molecule has 1 N–H and O–H groups in total. The standard InChI is InChI=1S/C25H18O5S2/c26-11-15-7-14(22(29)10-18-12-31-13-32-18)1-4-19(15)25-20-5-2-16(27)8-23(20)30-24-9-17(28)3-6-21(24)25/h1-9,11,18,27H,10,12-13H2/t18-/m1/s1. The summed E-state index contributed by atoms with van der Waals surface area (Å²) in [6.45, 7) is 0. The number of aldehydes is 1. The van der Waals surface area contributed by atoms with E-state index in [-0.39, 0.29) is 17.0 Å². The van der Waals surface area contributed by atoms with Gasteiger partial charge in [-0.2, -0.15) is 0 Å². The van der Waals surface area contributed by atoms with E-state index >= 15 is 0 Å². The molecule has 2 aromatic rings. The number of carbonyl (C=O) groups excluding carboxylic acids is 2. The number of phenolic OH excluding ortho intramolecular Hbond substituents is 1. The Morgan fingerprint density at radius 3 is 2.72 bits per heavy atom. The molecule has 2 aromatic carbocycles. The first-order valence-electron chi connectivity index (χ1n) is 10.1. The van der Waals surface area contributed by atoms with Gasteiger partial charge in [-0.15, -0.1) is 23.5 Å². The van der Waals surface area contributed by atoms with E-state index in [1.54, 1.807) is 48.2 Å². The summed E-state index contributed by atoms with van der Waals surface area (Å²) in [4.78, 5) is 36.8. The Bertz CT molecular complexity index is 1390. The number of fused-ring (bicyclic) bond motifs is 2. The van der Waals surface area contributed by atoms with Crippen molar-refractivity contribution in [2.45, 2.75) is 11.7 Å². The molecule has 0 radical (unpaired) electrons. The topological polar surface area (TPSA) is 84.6 Å².